The molecular formula is C2H6K2O6S. The van der Waals surface area contributed by atoms with Crippen molar-refractivity contribution in [3.05, 3.63) is 0 Å². The average molecular weight is 236 g/mol. The van der Waals surface area contributed by atoms with Crippen LogP contribution in [0.25, 0.3) is 0 Å². The van der Waals surface area contributed by atoms with Crippen LogP contribution in [0.4, 0.5) is 0 Å². The summed E-state index contributed by atoms with van der Waals surface area (Å²) < 4.78 is 27.4. The predicted octanol–water partition coefficient (Wildman–Crippen LogP) is -2.41. The topological polar surface area (TPSA) is 101 Å². The maximum atomic E-state index is 9.82. The standard InChI is InChI=1S/C2H4O6S.2K.2H/c3-2(8-4)1-9(5,6)7;;;;/h4H,1H2,(H,5,6,7);;;;. The fourth-order valence-electron chi connectivity index (χ4n) is 0.175. The van der Waals surface area contributed by atoms with Crippen LogP contribution in [0.3, 0.4) is 0 Å². The van der Waals surface area contributed by atoms with E-state index in [0.717, 1.165) is 0 Å². The Labute approximate surface area is 149 Å². The molecule has 0 bridgehead atoms. The first-order valence-corrected chi connectivity index (χ1v) is 3.36. The van der Waals surface area contributed by atoms with E-state index in [2.05, 4.69) is 4.89 Å². The Balaban J connectivity index is -0.000000320. The van der Waals surface area contributed by atoms with E-state index in [4.69, 9.17) is 9.81 Å². The van der Waals surface area contributed by atoms with E-state index >= 15 is 0 Å². The van der Waals surface area contributed by atoms with Gasteiger partial charge >= 0.3 is 109 Å². The van der Waals surface area contributed by atoms with Crippen molar-refractivity contribution in [1.29, 1.82) is 0 Å². The van der Waals surface area contributed by atoms with Crippen LogP contribution in [0.2, 0.25) is 0 Å². The van der Waals surface area contributed by atoms with Gasteiger partial charge in [0.25, 0.3) is 10.1 Å². The fourth-order valence-corrected chi connectivity index (χ4v) is 0.526. The van der Waals surface area contributed by atoms with Gasteiger partial charge in [0.15, 0.2) is 5.75 Å². The summed E-state index contributed by atoms with van der Waals surface area (Å²) in [6, 6.07) is 0. The molecule has 0 aliphatic carbocycles. The van der Waals surface area contributed by atoms with Crippen molar-refractivity contribution in [1.82, 2.24) is 0 Å². The van der Waals surface area contributed by atoms with Gasteiger partial charge in [-0.05, 0) is 0 Å². The van der Waals surface area contributed by atoms with Crippen molar-refractivity contribution in [2.45, 2.75) is 0 Å². The molecule has 0 rings (SSSR count). The predicted molar refractivity (Wildman–Crippen MR) is 39.4 cm³/mol. The molecule has 0 heterocycles. The molecule has 9 heteroatoms. The molecule has 0 aliphatic rings. The second-order valence-electron chi connectivity index (χ2n) is 1.19. The van der Waals surface area contributed by atoms with Crippen LogP contribution < -0.4 is 0 Å². The molecule has 0 aliphatic heterocycles. The molecular weight excluding hydrogens is 230 g/mol. The van der Waals surface area contributed by atoms with Crippen LogP contribution in [0.15, 0.2) is 0 Å². The second kappa shape index (κ2) is 9.18. The molecule has 0 atom stereocenters. The maximum absolute atomic E-state index is 9.82. The first-order valence-electron chi connectivity index (χ1n) is 1.75. The zero-order chi connectivity index (χ0) is 7.49. The molecule has 0 saturated heterocycles. The summed E-state index contributed by atoms with van der Waals surface area (Å²) in [7, 11) is -4.37. The SMILES string of the molecule is O=C(CS(=O)(=O)O)OO.[KH].[KH]. The average Bonchev–Trinajstić information content (AvgIpc) is 1.62. The number of carbonyl (C=O) groups excluding carboxylic acids is 1. The Bertz CT molecular complexity index is 197. The fraction of sp³-hybridized carbons (Fsp3) is 0.500. The third kappa shape index (κ3) is 15.4. The van der Waals surface area contributed by atoms with Crippen molar-refractivity contribution in [2.24, 2.45) is 0 Å². The minimum atomic E-state index is -4.37. The van der Waals surface area contributed by atoms with Gasteiger partial charge in [-0.2, -0.15) is 13.7 Å². The Kier molecular flexibility index (Phi) is 16.0. The van der Waals surface area contributed by atoms with Crippen molar-refractivity contribution < 1.29 is 27.9 Å². The summed E-state index contributed by atoms with van der Waals surface area (Å²) in [6.07, 6.45) is 0. The van der Waals surface area contributed by atoms with Crippen LogP contribution in [-0.2, 0) is 19.8 Å². The molecule has 6 nitrogen and oxygen atoms in total. The van der Waals surface area contributed by atoms with Gasteiger partial charge in [-0.3, -0.25) is 9.44 Å². The van der Waals surface area contributed by atoms with Crippen LogP contribution >= 0.6 is 0 Å². The van der Waals surface area contributed by atoms with Crippen LogP contribution in [-0.4, -0.2) is 133 Å². The third-order valence-corrected chi connectivity index (χ3v) is 1.00. The monoisotopic (exact) mass is 236 g/mol. The summed E-state index contributed by atoms with van der Waals surface area (Å²) >= 11 is 0. The van der Waals surface area contributed by atoms with E-state index in [0.29, 0.717) is 0 Å². The first kappa shape index (κ1) is 19.2. The van der Waals surface area contributed by atoms with E-state index in [-0.39, 0.29) is 103 Å². The quantitative estimate of drug-likeness (QED) is 0.240. The molecule has 0 spiro atoms. The van der Waals surface area contributed by atoms with Crippen molar-refractivity contribution >= 4 is 119 Å². The van der Waals surface area contributed by atoms with Gasteiger partial charge in [0.1, 0.15) is 0 Å². The number of carbonyl (C=O) groups is 1. The molecule has 0 aromatic heterocycles. The number of hydrogen-bond acceptors (Lipinski definition) is 5. The molecule has 0 amide bonds. The summed E-state index contributed by atoms with van der Waals surface area (Å²) in [5, 5.41) is 7.47. The van der Waals surface area contributed by atoms with Gasteiger partial charge in [-0.1, -0.05) is 0 Å². The Morgan fingerprint density at radius 3 is 1.82 bits per heavy atom. The second-order valence-corrected chi connectivity index (χ2v) is 2.64. The van der Waals surface area contributed by atoms with Crippen LogP contribution in [0.1, 0.15) is 0 Å². The molecule has 58 valence electrons. The van der Waals surface area contributed by atoms with E-state index in [1.807, 2.05) is 0 Å². The van der Waals surface area contributed by atoms with Gasteiger partial charge in [-0.15, -0.1) is 0 Å². The summed E-state index contributed by atoms with van der Waals surface area (Å²) in [5.74, 6) is -2.65. The Hall–Kier alpha value is 2.61. The summed E-state index contributed by atoms with van der Waals surface area (Å²) in [6.45, 7) is 0. The van der Waals surface area contributed by atoms with Gasteiger partial charge < -0.3 is 0 Å². The number of hydrogen-bond donors (Lipinski definition) is 2. The van der Waals surface area contributed by atoms with Gasteiger partial charge in [0.2, 0.25) is 0 Å². The molecule has 0 aromatic rings. The molecule has 0 saturated carbocycles. The van der Waals surface area contributed by atoms with Crippen molar-refractivity contribution in [3.8, 4) is 0 Å². The third-order valence-electron chi connectivity index (χ3n) is 0.402. The molecule has 2 N–H and O–H groups in total. The van der Waals surface area contributed by atoms with E-state index < -0.39 is 21.8 Å². The Morgan fingerprint density at radius 1 is 1.36 bits per heavy atom. The van der Waals surface area contributed by atoms with Crippen molar-refractivity contribution in [2.75, 3.05) is 5.75 Å². The molecule has 0 aromatic carbocycles. The summed E-state index contributed by atoms with van der Waals surface area (Å²) in [5.41, 5.74) is 0. The zero-order valence-electron chi connectivity index (χ0n) is 4.14. The van der Waals surface area contributed by atoms with E-state index in [1.165, 1.54) is 0 Å². The van der Waals surface area contributed by atoms with Crippen LogP contribution in [0.5, 0.6) is 0 Å². The van der Waals surface area contributed by atoms with Crippen molar-refractivity contribution in [3.63, 3.8) is 0 Å². The molecule has 0 unspecified atom stereocenters. The van der Waals surface area contributed by atoms with Gasteiger partial charge in [0, 0.05) is 0 Å². The normalized spacial score (nSPS) is 8.91. The molecule has 0 radical (unpaired) electrons. The molecule has 0 fully saturated rings. The number of rotatable bonds is 2. The minimum absolute atomic E-state index is 0. The molecule has 11 heavy (non-hydrogen) atoms. The van der Waals surface area contributed by atoms with E-state index in [1.54, 1.807) is 0 Å². The summed E-state index contributed by atoms with van der Waals surface area (Å²) in [4.78, 5) is 12.8. The van der Waals surface area contributed by atoms with E-state index in [9.17, 15) is 13.2 Å². The van der Waals surface area contributed by atoms with Gasteiger partial charge in [-0.25, -0.2) is 4.79 Å². The van der Waals surface area contributed by atoms with Crippen LogP contribution in [0, 0.1) is 0 Å². The Morgan fingerprint density at radius 2 is 1.73 bits per heavy atom. The first-order chi connectivity index (χ1) is 3.95. The zero-order valence-corrected chi connectivity index (χ0v) is 4.96. The van der Waals surface area contributed by atoms with Gasteiger partial charge in [0.05, 0.1) is 0 Å².